The summed E-state index contributed by atoms with van der Waals surface area (Å²) in [5.41, 5.74) is 2.55. The van der Waals surface area contributed by atoms with Crippen molar-refractivity contribution in [2.24, 2.45) is 5.10 Å². The molecule has 9 heteroatoms. The first kappa shape index (κ1) is 11.9. The molecule has 1 aromatic rings. The first-order valence-corrected chi connectivity index (χ1v) is 4.26. The largest absolute Gasteiger partial charge is 0.459 e. The fourth-order valence-electron chi connectivity index (χ4n) is 0.809. The molecule has 0 aromatic heterocycles. The number of amidine groups is 1. The van der Waals surface area contributed by atoms with E-state index in [2.05, 4.69) is 10.5 Å². The summed E-state index contributed by atoms with van der Waals surface area (Å²) in [5, 5.41) is 22.8. The van der Waals surface area contributed by atoms with Gasteiger partial charge < -0.3 is 10.1 Å². The van der Waals surface area contributed by atoms with Gasteiger partial charge in [0.25, 0.3) is 5.69 Å². The molecule has 0 unspecified atom stereocenters. The van der Waals surface area contributed by atoms with Gasteiger partial charge in [0.2, 0.25) is 0 Å². The van der Waals surface area contributed by atoms with Crippen LogP contribution in [0, 0.1) is 20.2 Å². The van der Waals surface area contributed by atoms with Crippen LogP contribution in [0.3, 0.4) is 0 Å². The Morgan fingerprint density at radius 3 is 2.25 bits per heavy atom. The lowest BCUT2D eigenvalue weighted by Gasteiger charge is -1.94. The molecule has 0 aliphatic heterocycles. The maximum Gasteiger partial charge on any atom is 0.459 e. The number of nitrogens with one attached hydrogen (secondary N) is 1. The molecule has 0 aliphatic carbocycles. The van der Waals surface area contributed by atoms with Crippen LogP contribution in [0.25, 0.3) is 0 Å². The summed E-state index contributed by atoms with van der Waals surface area (Å²) < 4.78 is 0. The van der Waals surface area contributed by atoms with Crippen molar-refractivity contribution in [2.75, 3.05) is 5.43 Å². The normalized spacial score (nSPS) is 10.9. The Bertz CT molecular complexity index is 444. The van der Waals surface area contributed by atoms with E-state index in [0.717, 1.165) is 0 Å². The zero-order valence-corrected chi connectivity index (χ0v) is 8.42. The molecule has 1 N–H and O–H groups in total. The highest BCUT2D eigenvalue weighted by atomic mass is 35.5. The zero-order valence-electron chi connectivity index (χ0n) is 7.66. The molecular formula is C7H5ClN4O4. The highest BCUT2D eigenvalue weighted by Gasteiger charge is 2.08. The number of benzene rings is 1. The van der Waals surface area contributed by atoms with Crippen LogP contribution in [-0.4, -0.2) is 15.1 Å². The fourth-order valence-corrected chi connectivity index (χ4v) is 0.851. The quantitative estimate of drug-likeness (QED) is 0.286. The van der Waals surface area contributed by atoms with Gasteiger partial charge in [-0.2, -0.15) is 5.43 Å². The summed E-state index contributed by atoms with van der Waals surface area (Å²) >= 11 is 5.13. The Morgan fingerprint density at radius 1 is 1.25 bits per heavy atom. The van der Waals surface area contributed by atoms with Crippen LogP contribution in [0.1, 0.15) is 0 Å². The van der Waals surface area contributed by atoms with Gasteiger partial charge in [-0.25, -0.2) is 0 Å². The Hall–Kier alpha value is -2.22. The maximum absolute atomic E-state index is 10.3. The summed E-state index contributed by atoms with van der Waals surface area (Å²) in [5.74, 6) is 0. The van der Waals surface area contributed by atoms with Gasteiger partial charge in [0, 0.05) is 23.7 Å². The number of rotatable bonds is 3. The monoisotopic (exact) mass is 244 g/mol. The molecule has 0 atom stereocenters. The molecule has 16 heavy (non-hydrogen) atoms. The van der Waals surface area contributed by atoms with Crippen molar-refractivity contribution in [2.45, 2.75) is 0 Å². The van der Waals surface area contributed by atoms with E-state index < -0.39 is 15.1 Å². The van der Waals surface area contributed by atoms with Crippen LogP contribution in [0.2, 0.25) is 0 Å². The third-order valence-electron chi connectivity index (χ3n) is 1.51. The highest BCUT2D eigenvalue weighted by Crippen LogP contribution is 2.15. The smallest absolute Gasteiger partial charge is 0.357 e. The summed E-state index contributed by atoms with van der Waals surface area (Å²) in [4.78, 5) is 19.0. The third-order valence-corrected chi connectivity index (χ3v) is 1.73. The van der Waals surface area contributed by atoms with Crippen molar-refractivity contribution in [1.82, 2.24) is 0 Å². The predicted molar refractivity (Wildman–Crippen MR) is 57.0 cm³/mol. The molecule has 0 amide bonds. The van der Waals surface area contributed by atoms with Gasteiger partial charge in [-0.05, 0) is 17.1 Å². The van der Waals surface area contributed by atoms with Crippen LogP contribution >= 0.6 is 11.6 Å². The molecular weight excluding hydrogens is 240 g/mol. The fraction of sp³-hybridized carbons (Fsp3) is 0. The Kier molecular flexibility index (Phi) is 3.72. The summed E-state index contributed by atoms with van der Waals surface area (Å²) in [7, 11) is 0. The SMILES string of the molecule is O=[N+]([O-])/C(Cl)=N\Nc1ccc([N+](=O)[O-])cc1. The summed E-state index contributed by atoms with van der Waals surface area (Å²) in [6.07, 6.45) is 0. The third kappa shape index (κ3) is 3.17. The number of hydrogen-bond donors (Lipinski definition) is 1. The van der Waals surface area contributed by atoms with Crippen LogP contribution < -0.4 is 5.43 Å². The first-order chi connectivity index (χ1) is 7.50. The topological polar surface area (TPSA) is 111 Å². The highest BCUT2D eigenvalue weighted by molar-refractivity contribution is 6.62. The lowest BCUT2D eigenvalue weighted by atomic mass is 10.3. The van der Waals surface area contributed by atoms with Crippen molar-refractivity contribution in [3.05, 3.63) is 44.5 Å². The Labute approximate surface area is 93.8 Å². The average Bonchev–Trinajstić information content (AvgIpc) is 2.26. The van der Waals surface area contributed by atoms with Crippen molar-refractivity contribution >= 4 is 28.3 Å². The number of non-ortho nitro benzene ring substituents is 1. The van der Waals surface area contributed by atoms with Crippen molar-refractivity contribution < 1.29 is 9.85 Å². The number of nitro benzene ring substituents is 1. The number of hydrogen-bond acceptors (Lipinski definition) is 6. The molecule has 1 rings (SSSR count). The minimum Gasteiger partial charge on any atom is -0.357 e. The van der Waals surface area contributed by atoms with E-state index in [4.69, 9.17) is 11.6 Å². The zero-order chi connectivity index (χ0) is 12.1. The molecule has 0 fully saturated rings. The summed E-state index contributed by atoms with van der Waals surface area (Å²) in [6.45, 7) is 0. The van der Waals surface area contributed by atoms with Gasteiger partial charge in [-0.15, -0.1) is 0 Å². The van der Waals surface area contributed by atoms with E-state index in [1.165, 1.54) is 24.3 Å². The van der Waals surface area contributed by atoms with Crippen molar-refractivity contribution in [1.29, 1.82) is 0 Å². The Morgan fingerprint density at radius 2 is 1.81 bits per heavy atom. The molecule has 0 saturated heterocycles. The minimum atomic E-state index is -0.875. The van der Waals surface area contributed by atoms with Crippen LogP contribution in [0.4, 0.5) is 11.4 Å². The van der Waals surface area contributed by atoms with Gasteiger partial charge in [0.05, 0.1) is 15.7 Å². The average molecular weight is 245 g/mol. The molecule has 84 valence electrons. The molecule has 0 heterocycles. The van der Waals surface area contributed by atoms with Gasteiger partial charge in [0.1, 0.15) is 0 Å². The summed E-state index contributed by atoms with van der Waals surface area (Å²) in [6, 6.07) is 5.17. The molecule has 8 nitrogen and oxygen atoms in total. The van der Waals surface area contributed by atoms with Crippen LogP contribution in [0.5, 0.6) is 0 Å². The van der Waals surface area contributed by atoms with E-state index in [1.54, 1.807) is 0 Å². The number of hydrazone groups is 1. The number of nitro groups is 2. The van der Waals surface area contributed by atoms with E-state index in [1.807, 2.05) is 0 Å². The predicted octanol–water partition coefficient (Wildman–Crippen LogP) is 1.79. The minimum absolute atomic E-state index is 0.0881. The van der Waals surface area contributed by atoms with Gasteiger partial charge >= 0.3 is 5.29 Å². The van der Waals surface area contributed by atoms with Crippen molar-refractivity contribution in [3.8, 4) is 0 Å². The van der Waals surface area contributed by atoms with E-state index >= 15 is 0 Å². The van der Waals surface area contributed by atoms with Crippen LogP contribution in [0.15, 0.2) is 29.4 Å². The molecule has 0 bridgehead atoms. The lowest BCUT2D eigenvalue weighted by molar-refractivity contribution is -0.384. The number of halogens is 1. The number of nitrogens with zero attached hydrogens (tertiary/aromatic N) is 3. The van der Waals surface area contributed by atoms with E-state index in [9.17, 15) is 20.2 Å². The Balaban J connectivity index is 2.73. The molecule has 0 aliphatic rings. The van der Waals surface area contributed by atoms with Crippen molar-refractivity contribution in [3.63, 3.8) is 0 Å². The van der Waals surface area contributed by atoms with Gasteiger partial charge in [0.15, 0.2) is 0 Å². The molecule has 0 saturated carbocycles. The van der Waals surface area contributed by atoms with E-state index in [-0.39, 0.29) is 5.69 Å². The molecule has 0 spiro atoms. The second kappa shape index (κ2) is 5.03. The maximum atomic E-state index is 10.3. The molecule has 0 radical (unpaired) electrons. The van der Waals surface area contributed by atoms with E-state index in [0.29, 0.717) is 5.69 Å². The van der Waals surface area contributed by atoms with Gasteiger partial charge in [-0.1, -0.05) is 0 Å². The molecule has 1 aromatic carbocycles. The number of anilines is 1. The lowest BCUT2D eigenvalue weighted by Crippen LogP contribution is -2.06. The van der Waals surface area contributed by atoms with Gasteiger partial charge in [-0.3, -0.25) is 10.1 Å². The second-order valence-corrected chi connectivity index (χ2v) is 2.89. The first-order valence-electron chi connectivity index (χ1n) is 3.89. The van der Waals surface area contributed by atoms with Crippen LogP contribution in [-0.2, 0) is 0 Å². The second-order valence-electron chi connectivity index (χ2n) is 2.55. The standard InChI is InChI=1S/C7H5ClN4O4/c8-7(12(15)16)10-9-5-1-3-6(4-2-5)11(13)14/h1-4,9H/b10-7-.